The van der Waals surface area contributed by atoms with Crippen LogP contribution in [0.5, 0.6) is 0 Å². The number of aliphatic hydroxyl groups is 1. The maximum Gasteiger partial charge on any atom is 0.351 e. The Balaban J connectivity index is 2.07. The summed E-state index contributed by atoms with van der Waals surface area (Å²) in [6.45, 7) is 17.3. The Hall–Kier alpha value is -1.09. The van der Waals surface area contributed by atoms with Crippen molar-refractivity contribution in [1.82, 2.24) is 9.55 Å². The molecule has 1 aromatic rings. The second-order valence-electron chi connectivity index (χ2n) is 10.2. The van der Waals surface area contributed by atoms with E-state index in [-0.39, 0.29) is 34.6 Å². The summed E-state index contributed by atoms with van der Waals surface area (Å²) in [5.74, 6) is 0.119. The number of ether oxygens (including phenoxy) is 1. The summed E-state index contributed by atoms with van der Waals surface area (Å²) in [7, 11) is -5.59. The van der Waals surface area contributed by atoms with Crippen molar-refractivity contribution in [3.8, 4) is 0 Å². The molecule has 0 radical (unpaired) electrons. The summed E-state index contributed by atoms with van der Waals surface area (Å²) in [6, 6.07) is 1.51. The number of nitrogens with zero attached hydrogens (tertiary/aromatic N) is 2. The quantitative estimate of drug-likeness (QED) is 0.611. The Morgan fingerprint density at radius 3 is 2.12 bits per heavy atom. The lowest BCUT2D eigenvalue weighted by atomic mass is 10.1. The van der Waals surface area contributed by atoms with Gasteiger partial charge in [-0.05, 0) is 28.2 Å². The van der Waals surface area contributed by atoms with Gasteiger partial charge in [-0.25, -0.2) is 4.79 Å². The molecule has 11 heteroatoms. The van der Waals surface area contributed by atoms with Crippen LogP contribution in [0.2, 0.25) is 22.2 Å². The molecule has 3 heterocycles. The first kappa shape index (κ1) is 25.5. The molecule has 0 amide bonds. The van der Waals surface area contributed by atoms with Crippen LogP contribution in [-0.2, 0) is 17.7 Å². The standard InChI is InChI=1S/C21H39N3O6Si2/c1-12(2)31(13(3)4)27-11-16-19(29-32(30-31,14(5)6)15(7)8)18(25)20(28-16)24-10-9-17(22)23-21(24)26/h9-10,12-16,18-20,25H,11H2,1-8H3,(H2,22,23,26)/t16-,18-,19?,20-/m1/s1. The molecule has 2 saturated heterocycles. The highest BCUT2D eigenvalue weighted by atomic mass is 28.5. The molecule has 0 aliphatic carbocycles. The zero-order valence-electron chi connectivity index (χ0n) is 20.4. The predicted molar refractivity (Wildman–Crippen MR) is 127 cm³/mol. The average Bonchev–Trinajstić information content (AvgIpc) is 2.96. The van der Waals surface area contributed by atoms with Gasteiger partial charge in [-0.1, -0.05) is 55.4 Å². The molecule has 2 aliphatic heterocycles. The van der Waals surface area contributed by atoms with Crippen LogP contribution in [0, 0.1) is 0 Å². The molecule has 0 saturated carbocycles. The summed E-state index contributed by atoms with van der Waals surface area (Å²) in [6.07, 6.45) is -1.73. The van der Waals surface area contributed by atoms with Crippen LogP contribution >= 0.6 is 0 Å². The molecule has 0 bridgehead atoms. The number of fused-ring (bicyclic) bond motifs is 1. The third-order valence-corrected chi connectivity index (χ3v) is 17.0. The number of aliphatic hydroxyl groups excluding tert-OH is 1. The van der Waals surface area contributed by atoms with Gasteiger partial charge >= 0.3 is 22.8 Å². The molecule has 3 N–H and O–H groups in total. The fourth-order valence-electron chi connectivity index (χ4n) is 4.99. The average molecular weight is 486 g/mol. The Kier molecular flexibility index (Phi) is 7.40. The number of hydrogen-bond donors (Lipinski definition) is 2. The van der Waals surface area contributed by atoms with Crippen molar-refractivity contribution in [2.75, 3.05) is 12.3 Å². The molecule has 182 valence electrons. The maximum atomic E-state index is 12.4. The summed E-state index contributed by atoms with van der Waals surface area (Å²) >= 11 is 0. The Morgan fingerprint density at radius 1 is 1.06 bits per heavy atom. The molecule has 4 atom stereocenters. The Labute approximate surface area is 192 Å². The van der Waals surface area contributed by atoms with Crippen LogP contribution in [0.3, 0.4) is 0 Å². The molecule has 2 fully saturated rings. The number of rotatable bonds is 5. The van der Waals surface area contributed by atoms with Gasteiger partial charge in [0.15, 0.2) is 6.23 Å². The van der Waals surface area contributed by atoms with E-state index in [1.54, 1.807) is 0 Å². The van der Waals surface area contributed by atoms with Crippen LogP contribution in [0.4, 0.5) is 5.82 Å². The van der Waals surface area contributed by atoms with E-state index in [2.05, 4.69) is 60.4 Å². The zero-order valence-corrected chi connectivity index (χ0v) is 22.4. The molecular formula is C21H39N3O6Si2. The fraction of sp³-hybridized carbons (Fsp3) is 0.810. The first-order chi connectivity index (χ1) is 14.9. The van der Waals surface area contributed by atoms with Crippen LogP contribution in [0.15, 0.2) is 17.1 Å². The molecule has 0 aromatic carbocycles. The van der Waals surface area contributed by atoms with Crippen LogP contribution in [0.1, 0.15) is 61.6 Å². The van der Waals surface area contributed by atoms with Crippen molar-refractivity contribution in [2.24, 2.45) is 0 Å². The maximum absolute atomic E-state index is 12.4. The van der Waals surface area contributed by atoms with Crippen molar-refractivity contribution in [1.29, 1.82) is 0 Å². The van der Waals surface area contributed by atoms with Gasteiger partial charge in [0.2, 0.25) is 0 Å². The summed E-state index contributed by atoms with van der Waals surface area (Å²) < 4.78 is 28.1. The number of hydrogen-bond acceptors (Lipinski definition) is 8. The first-order valence-electron chi connectivity index (χ1n) is 11.6. The molecule has 2 aliphatic rings. The van der Waals surface area contributed by atoms with E-state index < -0.39 is 47.4 Å². The largest absolute Gasteiger partial charge is 0.414 e. The molecule has 0 spiro atoms. The number of nitrogens with two attached hydrogens (primary N) is 1. The Bertz CT molecular complexity index is 846. The lowest BCUT2D eigenvalue weighted by Gasteiger charge is -2.51. The van der Waals surface area contributed by atoms with E-state index >= 15 is 0 Å². The highest BCUT2D eigenvalue weighted by molar-refractivity contribution is 6.83. The topological polar surface area (TPSA) is 118 Å². The van der Waals surface area contributed by atoms with Gasteiger partial charge in [-0.2, -0.15) is 4.98 Å². The summed E-state index contributed by atoms with van der Waals surface area (Å²) in [4.78, 5) is 16.2. The number of anilines is 1. The fourth-order valence-corrected chi connectivity index (χ4v) is 16.2. The first-order valence-corrected chi connectivity index (χ1v) is 15.5. The SMILES string of the molecule is CC(C)[Si]1(C(C)C)OC[C@H]2O[C@@H](n3ccc(N)nc3=O)[C@H](O)C2O[Si](C(C)C)(C(C)C)O1. The van der Waals surface area contributed by atoms with Gasteiger partial charge in [0, 0.05) is 6.20 Å². The molecule has 1 aromatic heterocycles. The third-order valence-electron chi connectivity index (χ3n) is 6.77. The van der Waals surface area contributed by atoms with E-state index in [4.69, 9.17) is 23.4 Å². The van der Waals surface area contributed by atoms with E-state index in [0.29, 0.717) is 0 Å². The van der Waals surface area contributed by atoms with E-state index in [1.807, 2.05) is 0 Å². The Morgan fingerprint density at radius 2 is 1.62 bits per heavy atom. The van der Waals surface area contributed by atoms with Crippen molar-refractivity contribution in [3.63, 3.8) is 0 Å². The van der Waals surface area contributed by atoms with Gasteiger partial charge in [0.25, 0.3) is 0 Å². The van der Waals surface area contributed by atoms with Crippen LogP contribution < -0.4 is 11.4 Å². The van der Waals surface area contributed by atoms with Gasteiger partial charge < -0.3 is 28.5 Å². The second-order valence-corrected chi connectivity index (χ2v) is 19.0. The molecular weight excluding hydrogens is 446 g/mol. The minimum absolute atomic E-state index is 0.119. The highest BCUT2D eigenvalue weighted by Crippen LogP contribution is 2.48. The number of aromatic nitrogens is 2. The van der Waals surface area contributed by atoms with Crippen molar-refractivity contribution in [3.05, 3.63) is 22.7 Å². The van der Waals surface area contributed by atoms with E-state index in [9.17, 15) is 9.90 Å². The highest BCUT2D eigenvalue weighted by Gasteiger charge is 2.61. The zero-order chi connectivity index (χ0) is 24.0. The molecule has 3 rings (SSSR count). The van der Waals surface area contributed by atoms with E-state index in [1.165, 1.54) is 16.8 Å². The lowest BCUT2D eigenvalue weighted by molar-refractivity contribution is -0.0600. The predicted octanol–water partition coefficient (Wildman–Crippen LogP) is 3.04. The lowest BCUT2D eigenvalue weighted by Crippen LogP contribution is -2.65. The van der Waals surface area contributed by atoms with Gasteiger partial charge in [0.1, 0.15) is 24.1 Å². The number of nitrogen functional groups attached to an aromatic ring is 1. The molecule has 1 unspecified atom stereocenters. The van der Waals surface area contributed by atoms with Crippen molar-refractivity contribution < 1.29 is 22.8 Å². The summed E-state index contributed by atoms with van der Waals surface area (Å²) in [5, 5.41) is 11.2. The van der Waals surface area contributed by atoms with Crippen molar-refractivity contribution in [2.45, 2.75) is 102 Å². The smallest absolute Gasteiger partial charge is 0.351 e. The third kappa shape index (κ3) is 4.24. The minimum atomic E-state index is -2.89. The minimum Gasteiger partial charge on any atom is -0.414 e. The van der Waals surface area contributed by atoms with Gasteiger partial charge in [-0.15, -0.1) is 0 Å². The van der Waals surface area contributed by atoms with E-state index in [0.717, 1.165) is 0 Å². The molecule has 9 nitrogen and oxygen atoms in total. The monoisotopic (exact) mass is 485 g/mol. The van der Waals surface area contributed by atoms with Crippen LogP contribution in [0.25, 0.3) is 0 Å². The summed E-state index contributed by atoms with van der Waals surface area (Å²) in [5.41, 5.74) is 5.72. The van der Waals surface area contributed by atoms with Gasteiger partial charge in [-0.3, -0.25) is 4.57 Å². The van der Waals surface area contributed by atoms with Gasteiger partial charge in [0.05, 0.1) is 6.61 Å². The molecule has 32 heavy (non-hydrogen) atoms. The second kappa shape index (κ2) is 9.28. The van der Waals surface area contributed by atoms with Crippen LogP contribution in [-0.4, -0.2) is 56.7 Å². The van der Waals surface area contributed by atoms with Crippen molar-refractivity contribution >= 4 is 22.9 Å². The normalized spacial score (nSPS) is 30.0.